The lowest BCUT2D eigenvalue weighted by Gasteiger charge is -2.20. The lowest BCUT2D eigenvalue weighted by Crippen LogP contribution is -2.47. The Hall–Kier alpha value is -0.610. The SMILES string of the molecule is CC(NC(=O)[C@H](C)N)C1CCCO1. The van der Waals surface area contributed by atoms with E-state index in [1.807, 2.05) is 6.92 Å². The molecule has 76 valence electrons. The largest absolute Gasteiger partial charge is 0.376 e. The van der Waals surface area contributed by atoms with Crippen molar-refractivity contribution in [2.24, 2.45) is 5.73 Å². The van der Waals surface area contributed by atoms with Crippen molar-refractivity contribution < 1.29 is 9.53 Å². The third-order valence-corrected chi connectivity index (χ3v) is 2.31. The molecule has 0 aromatic heterocycles. The molecule has 1 saturated heterocycles. The minimum absolute atomic E-state index is 0.0704. The fraction of sp³-hybridized carbons (Fsp3) is 0.889. The summed E-state index contributed by atoms with van der Waals surface area (Å²) in [5.74, 6) is -0.108. The van der Waals surface area contributed by atoms with Gasteiger partial charge in [-0.1, -0.05) is 0 Å². The predicted octanol–water partition coefficient (Wildman–Crippen LogP) is 0.0173. The highest BCUT2D eigenvalue weighted by molar-refractivity contribution is 5.81. The van der Waals surface area contributed by atoms with Crippen LogP contribution < -0.4 is 11.1 Å². The standard InChI is InChI=1S/C9H18N2O2/c1-6(10)9(12)11-7(2)8-4-3-5-13-8/h6-8H,3-5,10H2,1-2H3,(H,11,12)/t6-,7?,8?/m0/s1. The second kappa shape index (κ2) is 4.58. The van der Waals surface area contributed by atoms with Crippen molar-refractivity contribution in [3.8, 4) is 0 Å². The van der Waals surface area contributed by atoms with Gasteiger partial charge in [-0.3, -0.25) is 4.79 Å². The van der Waals surface area contributed by atoms with Gasteiger partial charge >= 0.3 is 0 Å². The summed E-state index contributed by atoms with van der Waals surface area (Å²) in [5.41, 5.74) is 5.43. The van der Waals surface area contributed by atoms with Crippen LogP contribution in [0.5, 0.6) is 0 Å². The first-order valence-corrected chi connectivity index (χ1v) is 4.79. The molecule has 3 atom stereocenters. The topological polar surface area (TPSA) is 64.4 Å². The molecule has 2 unspecified atom stereocenters. The highest BCUT2D eigenvalue weighted by atomic mass is 16.5. The van der Waals surface area contributed by atoms with E-state index in [9.17, 15) is 4.79 Å². The Morgan fingerprint density at radius 2 is 2.31 bits per heavy atom. The summed E-state index contributed by atoms with van der Waals surface area (Å²) in [5, 5.41) is 2.83. The highest BCUT2D eigenvalue weighted by Crippen LogP contribution is 2.15. The predicted molar refractivity (Wildman–Crippen MR) is 50.2 cm³/mol. The average Bonchev–Trinajstić information content (AvgIpc) is 2.55. The number of carbonyl (C=O) groups excluding carboxylic acids is 1. The van der Waals surface area contributed by atoms with Crippen LogP contribution in [-0.2, 0) is 9.53 Å². The maximum absolute atomic E-state index is 11.2. The Balaban J connectivity index is 2.31. The minimum atomic E-state index is -0.441. The van der Waals surface area contributed by atoms with Crippen LogP contribution in [-0.4, -0.2) is 30.7 Å². The van der Waals surface area contributed by atoms with Gasteiger partial charge in [-0.2, -0.15) is 0 Å². The van der Waals surface area contributed by atoms with Gasteiger partial charge in [0, 0.05) is 6.61 Å². The van der Waals surface area contributed by atoms with E-state index in [-0.39, 0.29) is 18.1 Å². The van der Waals surface area contributed by atoms with Gasteiger partial charge < -0.3 is 15.8 Å². The molecule has 0 radical (unpaired) electrons. The lowest BCUT2D eigenvalue weighted by atomic mass is 10.1. The maximum Gasteiger partial charge on any atom is 0.236 e. The zero-order valence-corrected chi connectivity index (χ0v) is 8.25. The molecule has 1 amide bonds. The lowest BCUT2D eigenvalue weighted by molar-refractivity contribution is -0.123. The van der Waals surface area contributed by atoms with Crippen molar-refractivity contribution in [3.63, 3.8) is 0 Å². The van der Waals surface area contributed by atoms with Crippen molar-refractivity contribution in [1.82, 2.24) is 5.32 Å². The number of nitrogens with one attached hydrogen (secondary N) is 1. The van der Waals surface area contributed by atoms with Crippen LogP contribution in [0.25, 0.3) is 0 Å². The minimum Gasteiger partial charge on any atom is -0.376 e. The molecule has 1 rings (SSSR count). The van der Waals surface area contributed by atoms with Crippen molar-refractivity contribution in [3.05, 3.63) is 0 Å². The summed E-state index contributed by atoms with van der Waals surface area (Å²) in [4.78, 5) is 11.2. The smallest absolute Gasteiger partial charge is 0.236 e. The molecule has 0 spiro atoms. The van der Waals surface area contributed by atoms with Gasteiger partial charge in [0.1, 0.15) is 0 Å². The highest BCUT2D eigenvalue weighted by Gasteiger charge is 2.24. The summed E-state index contributed by atoms with van der Waals surface area (Å²) in [6.07, 6.45) is 2.28. The van der Waals surface area contributed by atoms with E-state index in [1.54, 1.807) is 6.92 Å². The van der Waals surface area contributed by atoms with Gasteiger partial charge in [-0.15, -0.1) is 0 Å². The zero-order chi connectivity index (χ0) is 9.84. The number of hydrogen-bond donors (Lipinski definition) is 2. The normalized spacial score (nSPS) is 26.8. The number of carbonyl (C=O) groups is 1. The molecule has 1 aliphatic heterocycles. The monoisotopic (exact) mass is 186 g/mol. The molecule has 1 heterocycles. The summed E-state index contributed by atoms with van der Waals surface area (Å²) in [7, 11) is 0. The second-order valence-electron chi connectivity index (χ2n) is 3.64. The van der Waals surface area contributed by atoms with Gasteiger partial charge in [-0.05, 0) is 26.7 Å². The van der Waals surface area contributed by atoms with Crippen LogP contribution in [0.15, 0.2) is 0 Å². The second-order valence-corrected chi connectivity index (χ2v) is 3.64. The molecule has 0 saturated carbocycles. The van der Waals surface area contributed by atoms with Crippen molar-refractivity contribution in [2.45, 2.75) is 44.9 Å². The zero-order valence-electron chi connectivity index (χ0n) is 8.25. The van der Waals surface area contributed by atoms with Crippen LogP contribution in [0.1, 0.15) is 26.7 Å². The van der Waals surface area contributed by atoms with E-state index in [0.29, 0.717) is 0 Å². The van der Waals surface area contributed by atoms with E-state index in [2.05, 4.69) is 5.32 Å². The van der Waals surface area contributed by atoms with Crippen molar-refractivity contribution in [1.29, 1.82) is 0 Å². The first-order chi connectivity index (χ1) is 6.11. The average molecular weight is 186 g/mol. The van der Waals surface area contributed by atoms with Crippen molar-refractivity contribution in [2.75, 3.05) is 6.61 Å². The fourth-order valence-corrected chi connectivity index (χ4v) is 1.45. The molecule has 4 heteroatoms. The van der Waals surface area contributed by atoms with E-state index in [1.165, 1.54) is 0 Å². The van der Waals surface area contributed by atoms with E-state index in [0.717, 1.165) is 19.4 Å². The molecule has 0 bridgehead atoms. The maximum atomic E-state index is 11.2. The van der Waals surface area contributed by atoms with Crippen LogP contribution >= 0.6 is 0 Å². The number of rotatable bonds is 3. The third kappa shape index (κ3) is 2.97. The summed E-state index contributed by atoms with van der Waals surface area (Å²) >= 11 is 0. The Morgan fingerprint density at radius 1 is 1.62 bits per heavy atom. The summed E-state index contributed by atoms with van der Waals surface area (Å²) in [6.45, 7) is 4.44. The molecule has 0 aliphatic carbocycles. The molecule has 1 fully saturated rings. The van der Waals surface area contributed by atoms with Gasteiger partial charge in [0.25, 0.3) is 0 Å². The number of nitrogens with two attached hydrogens (primary N) is 1. The van der Waals surface area contributed by atoms with Crippen LogP contribution in [0.3, 0.4) is 0 Å². The Labute approximate surface area is 78.8 Å². The fourth-order valence-electron chi connectivity index (χ4n) is 1.45. The van der Waals surface area contributed by atoms with Gasteiger partial charge in [-0.25, -0.2) is 0 Å². The molecular formula is C9H18N2O2. The van der Waals surface area contributed by atoms with Crippen molar-refractivity contribution >= 4 is 5.91 Å². The van der Waals surface area contributed by atoms with Gasteiger partial charge in [0.15, 0.2) is 0 Å². The molecule has 13 heavy (non-hydrogen) atoms. The van der Waals surface area contributed by atoms with Gasteiger partial charge in [0.05, 0.1) is 18.2 Å². The quantitative estimate of drug-likeness (QED) is 0.653. The summed E-state index contributed by atoms with van der Waals surface area (Å²) in [6, 6.07) is -0.371. The van der Waals surface area contributed by atoms with Crippen LogP contribution in [0, 0.1) is 0 Å². The molecular weight excluding hydrogens is 168 g/mol. The van der Waals surface area contributed by atoms with E-state index < -0.39 is 6.04 Å². The first-order valence-electron chi connectivity index (χ1n) is 4.79. The molecule has 3 N–H and O–H groups in total. The van der Waals surface area contributed by atoms with E-state index in [4.69, 9.17) is 10.5 Å². The molecule has 4 nitrogen and oxygen atoms in total. The Bertz CT molecular complexity index is 176. The van der Waals surface area contributed by atoms with Crippen LogP contribution in [0.2, 0.25) is 0 Å². The Morgan fingerprint density at radius 3 is 2.77 bits per heavy atom. The molecule has 0 aromatic rings. The molecule has 1 aliphatic rings. The van der Waals surface area contributed by atoms with Crippen LogP contribution in [0.4, 0.5) is 0 Å². The molecule has 0 aromatic carbocycles. The number of ether oxygens (including phenoxy) is 1. The third-order valence-electron chi connectivity index (χ3n) is 2.31. The number of amides is 1. The summed E-state index contributed by atoms with van der Waals surface area (Å²) < 4.78 is 5.44. The Kier molecular flexibility index (Phi) is 3.69. The number of hydrogen-bond acceptors (Lipinski definition) is 3. The first kappa shape index (κ1) is 10.5. The van der Waals surface area contributed by atoms with Gasteiger partial charge in [0.2, 0.25) is 5.91 Å². The van der Waals surface area contributed by atoms with E-state index >= 15 is 0 Å².